The number of carbonyl (C=O) groups excluding carboxylic acids is 1. The maximum absolute atomic E-state index is 10.3. The van der Waals surface area contributed by atoms with Crippen LogP contribution in [-0.4, -0.2) is 25.6 Å². The number of ether oxygens (including phenoxy) is 2. The molecule has 0 aliphatic carbocycles. The molecule has 4 aromatic rings. The molecule has 0 amide bonds. The van der Waals surface area contributed by atoms with Gasteiger partial charge in [-0.1, -0.05) is 49.0 Å². The fourth-order valence-electron chi connectivity index (χ4n) is 2.78. The molecular weight excluding hydrogens is 476 g/mol. The van der Waals surface area contributed by atoms with Gasteiger partial charge in [-0.05, 0) is 70.1 Å². The van der Waals surface area contributed by atoms with Crippen LogP contribution < -0.4 is 9.47 Å². The van der Waals surface area contributed by atoms with E-state index >= 15 is 0 Å². The maximum Gasteiger partial charge on any atom is 0.125 e. The normalized spacial score (nSPS) is 11.9. The van der Waals surface area contributed by atoms with E-state index in [9.17, 15) is 9.90 Å². The lowest BCUT2D eigenvalue weighted by Crippen LogP contribution is -2.16. The highest BCUT2D eigenvalue weighted by molar-refractivity contribution is 7.19. The molecule has 0 saturated heterocycles. The van der Waals surface area contributed by atoms with Crippen molar-refractivity contribution in [1.29, 1.82) is 0 Å². The zero-order valence-electron chi connectivity index (χ0n) is 21.3. The average molecular weight is 517 g/mol. The standard InChI is InChI=1S/C14H18O2S.C9H8OS.C5H10O.CH4/c1-14(2,3)13(15)12-7-9-5-6-10(16-4)8-11(9)17-12;1-10-8-3-2-7-4-5-11-9(7)6-8;1-5(2,3)4-6;/h5-8,13,15H,1-4H3;2-6H,1H3;4H,1-3H3;1H4. The van der Waals surface area contributed by atoms with Crippen LogP contribution in [0.2, 0.25) is 0 Å². The Hall–Kier alpha value is -2.41. The summed E-state index contributed by atoms with van der Waals surface area (Å²) in [6, 6.07) is 16.3. The third-order valence-corrected chi connectivity index (χ3v) is 6.88. The van der Waals surface area contributed by atoms with E-state index in [1.165, 1.54) is 10.1 Å². The van der Waals surface area contributed by atoms with Gasteiger partial charge < -0.3 is 19.4 Å². The van der Waals surface area contributed by atoms with Crippen molar-refractivity contribution in [3.63, 3.8) is 0 Å². The number of benzene rings is 2. The smallest absolute Gasteiger partial charge is 0.125 e. The predicted molar refractivity (Wildman–Crippen MR) is 153 cm³/mol. The Morgan fingerprint density at radius 3 is 1.83 bits per heavy atom. The van der Waals surface area contributed by atoms with Gasteiger partial charge in [0.2, 0.25) is 0 Å². The first-order chi connectivity index (χ1) is 15.9. The van der Waals surface area contributed by atoms with E-state index in [4.69, 9.17) is 9.47 Å². The first kappa shape index (κ1) is 30.6. The molecule has 1 unspecified atom stereocenters. The van der Waals surface area contributed by atoms with Crippen molar-refractivity contribution in [3.8, 4) is 11.5 Å². The van der Waals surface area contributed by atoms with E-state index < -0.39 is 6.10 Å². The molecule has 0 aliphatic heterocycles. The van der Waals surface area contributed by atoms with E-state index in [0.717, 1.165) is 32.7 Å². The Morgan fingerprint density at radius 2 is 1.34 bits per heavy atom. The minimum atomic E-state index is -0.425. The molecule has 0 fully saturated rings. The van der Waals surface area contributed by atoms with E-state index in [0.29, 0.717) is 0 Å². The number of methoxy groups -OCH3 is 2. The average Bonchev–Trinajstić information content (AvgIpc) is 3.43. The summed E-state index contributed by atoms with van der Waals surface area (Å²) < 4.78 is 12.7. The van der Waals surface area contributed by atoms with Gasteiger partial charge in [0.1, 0.15) is 17.8 Å². The summed E-state index contributed by atoms with van der Waals surface area (Å²) in [4.78, 5) is 10.8. The minimum Gasteiger partial charge on any atom is -0.497 e. The molecule has 192 valence electrons. The van der Waals surface area contributed by atoms with Crippen LogP contribution in [0.15, 0.2) is 53.9 Å². The monoisotopic (exact) mass is 516 g/mol. The summed E-state index contributed by atoms with van der Waals surface area (Å²) in [5, 5.41) is 14.8. The van der Waals surface area contributed by atoms with Crippen LogP contribution in [0.1, 0.15) is 60.0 Å². The van der Waals surface area contributed by atoms with E-state index in [1.54, 1.807) is 36.9 Å². The van der Waals surface area contributed by atoms with E-state index in [2.05, 4.69) is 29.6 Å². The molecule has 0 spiro atoms. The zero-order valence-corrected chi connectivity index (χ0v) is 23.0. The first-order valence-electron chi connectivity index (χ1n) is 11.1. The molecule has 0 saturated carbocycles. The molecule has 35 heavy (non-hydrogen) atoms. The van der Waals surface area contributed by atoms with Gasteiger partial charge in [-0.25, -0.2) is 0 Å². The molecule has 4 nitrogen and oxygen atoms in total. The highest BCUT2D eigenvalue weighted by Gasteiger charge is 2.25. The molecule has 2 heterocycles. The lowest BCUT2D eigenvalue weighted by Gasteiger charge is -2.24. The Labute approximate surface area is 218 Å². The second kappa shape index (κ2) is 13.1. The molecule has 6 heteroatoms. The molecule has 4 rings (SSSR count). The van der Waals surface area contributed by atoms with Crippen LogP contribution in [0.5, 0.6) is 11.5 Å². The number of fused-ring (bicyclic) bond motifs is 2. The number of aliphatic hydroxyl groups is 1. The van der Waals surface area contributed by atoms with Crippen LogP contribution in [0, 0.1) is 10.8 Å². The van der Waals surface area contributed by atoms with E-state index in [1.807, 2.05) is 65.8 Å². The van der Waals surface area contributed by atoms with E-state index in [-0.39, 0.29) is 18.3 Å². The Balaban J connectivity index is 0.000000293. The number of aldehydes is 1. The van der Waals surface area contributed by atoms with Gasteiger partial charge in [0, 0.05) is 19.7 Å². The molecule has 2 aromatic carbocycles. The first-order valence-corrected chi connectivity index (χ1v) is 12.8. The van der Waals surface area contributed by atoms with Crippen LogP contribution in [0.4, 0.5) is 0 Å². The second-order valence-corrected chi connectivity index (χ2v) is 12.2. The number of aliphatic hydroxyl groups excluding tert-OH is 1. The van der Waals surface area contributed by atoms with Crippen molar-refractivity contribution >= 4 is 49.1 Å². The molecule has 1 N–H and O–H groups in total. The topological polar surface area (TPSA) is 55.8 Å². The fraction of sp³-hybridized carbons (Fsp3) is 0.414. The summed E-state index contributed by atoms with van der Waals surface area (Å²) in [5.41, 5.74) is -0.273. The van der Waals surface area contributed by atoms with Crippen molar-refractivity contribution in [2.75, 3.05) is 14.2 Å². The molecular formula is C29H40O4S2. The number of hydrogen-bond acceptors (Lipinski definition) is 6. The van der Waals surface area contributed by atoms with Gasteiger partial charge in [0.25, 0.3) is 0 Å². The van der Waals surface area contributed by atoms with Crippen molar-refractivity contribution in [2.45, 2.75) is 55.1 Å². The minimum absolute atomic E-state index is 0. The Morgan fingerprint density at radius 1 is 0.829 bits per heavy atom. The highest BCUT2D eigenvalue weighted by atomic mass is 32.1. The Kier molecular flexibility index (Phi) is 11.4. The summed E-state index contributed by atoms with van der Waals surface area (Å²) in [5.74, 6) is 1.79. The van der Waals surface area contributed by atoms with Crippen molar-refractivity contribution in [2.24, 2.45) is 10.8 Å². The van der Waals surface area contributed by atoms with Gasteiger partial charge in [-0.15, -0.1) is 22.7 Å². The van der Waals surface area contributed by atoms with Gasteiger partial charge in [-0.2, -0.15) is 0 Å². The van der Waals surface area contributed by atoms with Gasteiger partial charge in [0.05, 0.1) is 20.3 Å². The molecule has 0 aliphatic rings. The quantitative estimate of drug-likeness (QED) is 0.277. The third kappa shape index (κ3) is 9.28. The Bertz CT molecular complexity index is 1190. The fourth-order valence-corrected chi connectivity index (χ4v) is 4.93. The number of hydrogen-bond donors (Lipinski definition) is 1. The van der Waals surface area contributed by atoms with Crippen molar-refractivity contribution in [3.05, 3.63) is 58.8 Å². The number of thiophene rings is 2. The summed E-state index contributed by atoms with van der Waals surface area (Å²) in [6.07, 6.45) is 0.512. The summed E-state index contributed by atoms with van der Waals surface area (Å²) in [7, 11) is 3.36. The van der Waals surface area contributed by atoms with Crippen molar-refractivity contribution < 1.29 is 19.4 Å². The molecule has 0 radical (unpaired) electrons. The molecule has 2 aromatic heterocycles. The van der Waals surface area contributed by atoms with Crippen LogP contribution in [0.3, 0.4) is 0 Å². The van der Waals surface area contributed by atoms with Gasteiger partial charge >= 0.3 is 0 Å². The molecule has 0 bridgehead atoms. The van der Waals surface area contributed by atoms with Crippen LogP contribution >= 0.6 is 22.7 Å². The second-order valence-electron chi connectivity index (χ2n) is 10.1. The zero-order chi connectivity index (χ0) is 25.5. The summed E-state index contributed by atoms with van der Waals surface area (Å²) >= 11 is 3.37. The third-order valence-electron chi connectivity index (χ3n) is 4.85. The highest BCUT2D eigenvalue weighted by Crippen LogP contribution is 2.39. The number of carbonyl (C=O) groups is 1. The SMILES string of the molecule is C.CC(C)(C)C=O.COc1ccc2cc(C(O)C(C)(C)C)sc2c1.COc1ccc2ccsc2c1. The van der Waals surface area contributed by atoms with Gasteiger partial charge in [0.15, 0.2) is 0 Å². The lowest BCUT2D eigenvalue weighted by molar-refractivity contribution is -0.113. The maximum atomic E-state index is 10.3. The predicted octanol–water partition coefficient (Wildman–Crippen LogP) is 8.77. The van der Waals surface area contributed by atoms with Gasteiger partial charge in [-0.3, -0.25) is 0 Å². The number of rotatable bonds is 3. The lowest BCUT2D eigenvalue weighted by atomic mass is 9.88. The summed E-state index contributed by atoms with van der Waals surface area (Å²) in [6.45, 7) is 11.8. The van der Waals surface area contributed by atoms with Crippen LogP contribution in [0.25, 0.3) is 20.2 Å². The molecule has 1 atom stereocenters. The largest absolute Gasteiger partial charge is 0.497 e. The van der Waals surface area contributed by atoms with Crippen LogP contribution in [-0.2, 0) is 4.79 Å². The van der Waals surface area contributed by atoms with Crippen molar-refractivity contribution in [1.82, 2.24) is 0 Å².